The van der Waals surface area contributed by atoms with Crippen molar-refractivity contribution in [2.24, 2.45) is 5.92 Å². The number of likely N-dealkylation sites (tertiary alicyclic amines) is 1. The van der Waals surface area contributed by atoms with Gasteiger partial charge in [0.15, 0.2) is 18.5 Å². The van der Waals surface area contributed by atoms with Crippen molar-refractivity contribution in [2.75, 3.05) is 44.6 Å². The van der Waals surface area contributed by atoms with Crippen molar-refractivity contribution in [1.29, 1.82) is 0 Å². The van der Waals surface area contributed by atoms with Crippen molar-refractivity contribution in [3.8, 4) is 0 Å². The van der Waals surface area contributed by atoms with Gasteiger partial charge in [0.2, 0.25) is 0 Å². The Labute approximate surface area is 223 Å². The number of ether oxygens (including phenoxy) is 1. The first-order chi connectivity index (χ1) is 17.0. The number of carbonyl (C=O) groups is 2. The van der Waals surface area contributed by atoms with Gasteiger partial charge in [0.1, 0.15) is 12.1 Å². The number of anilines is 1. The molecule has 36 heavy (non-hydrogen) atoms. The van der Waals surface area contributed by atoms with Crippen LogP contribution in [0.4, 0.5) is 5.82 Å². The van der Waals surface area contributed by atoms with Crippen molar-refractivity contribution in [1.82, 2.24) is 15.1 Å². The molecular formula is C27H36BrN5O3. The number of amides is 1. The van der Waals surface area contributed by atoms with Crippen molar-refractivity contribution >= 4 is 17.7 Å². The minimum atomic E-state index is -0.804. The van der Waals surface area contributed by atoms with Gasteiger partial charge in [-0.25, -0.2) is 4.79 Å². The lowest BCUT2D eigenvalue weighted by Crippen LogP contribution is -3.00. The number of quaternary nitrogens is 1. The number of carbonyl (C=O) groups excluding carboxylic acids is 2. The van der Waals surface area contributed by atoms with E-state index in [1.54, 1.807) is 18.3 Å². The minimum absolute atomic E-state index is 0. The van der Waals surface area contributed by atoms with Gasteiger partial charge in [0.05, 0.1) is 13.1 Å². The van der Waals surface area contributed by atoms with Crippen LogP contribution in [0.25, 0.3) is 0 Å². The molecule has 1 amide bonds. The maximum absolute atomic E-state index is 13.9. The van der Waals surface area contributed by atoms with Crippen molar-refractivity contribution in [2.45, 2.75) is 50.7 Å². The van der Waals surface area contributed by atoms with Crippen LogP contribution >= 0.6 is 0 Å². The van der Waals surface area contributed by atoms with Gasteiger partial charge in [-0.05, 0) is 50.6 Å². The smallest absolute Gasteiger partial charge is 0.331 e. The van der Waals surface area contributed by atoms with Crippen LogP contribution < -0.4 is 22.3 Å². The van der Waals surface area contributed by atoms with Gasteiger partial charge in [0, 0.05) is 25.0 Å². The first-order valence-corrected chi connectivity index (χ1v) is 12.9. The van der Waals surface area contributed by atoms with E-state index in [9.17, 15) is 9.59 Å². The van der Waals surface area contributed by atoms with E-state index < -0.39 is 5.54 Å². The van der Waals surface area contributed by atoms with Crippen molar-refractivity contribution in [3.63, 3.8) is 0 Å². The second-order valence-corrected chi connectivity index (χ2v) is 10.6. The molecule has 0 radical (unpaired) electrons. The van der Waals surface area contributed by atoms with Crippen LogP contribution in [0, 0.1) is 5.92 Å². The zero-order valence-corrected chi connectivity index (χ0v) is 22.5. The Hall–Kier alpha value is -2.36. The second kappa shape index (κ2) is 11.4. The summed E-state index contributed by atoms with van der Waals surface area (Å²) in [5, 5.41) is 10.7. The highest BCUT2D eigenvalue weighted by Crippen LogP contribution is 2.38. The predicted octanol–water partition coefficient (Wildman–Crippen LogP) is -0.0274. The number of nitrogens with one attached hydrogen (secondary N) is 1. The fourth-order valence-electron chi connectivity index (χ4n) is 6.22. The minimum Gasteiger partial charge on any atom is -1.00 e. The van der Waals surface area contributed by atoms with Gasteiger partial charge in [0.25, 0.3) is 5.91 Å². The summed E-state index contributed by atoms with van der Waals surface area (Å²) in [5.41, 5.74) is 0.183. The number of hydrogen-bond donors (Lipinski definition) is 1. The Morgan fingerprint density at radius 2 is 1.81 bits per heavy atom. The number of hydrogen-bond acceptors (Lipinski definition) is 6. The van der Waals surface area contributed by atoms with Gasteiger partial charge in [-0.15, -0.1) is 5.10 Å². The number of fused-ring (bicyclic) bond motifs is 3. The molecule has 4 aliphatic heterocycles. The van der Waals surface area contributed by atoms with E-state index in [0.29, 0.717) is 29.3 Å². The molecule has 6 rings (SSSR count). The van der Waals surface area contributed by atoms with E-state index in [4.69, 9.17) is 4.74 Å². The molecule has 4 aliphatic rings. The molecule has 194 valence electrons. The number of aromatic nitrogens is 2. The number of rotatable bonds is 7. The fraction of sp³-hybridized carbons (Fsp3) is 0.556. The lowest BCUT2D eigenvalue weighted by Gasteiger charge is -2.52. The van der Waals surface area contributed by atoms with Crippen LogP contribution in [0.2, 0.25) is 0 Å². The van der Waals surface area contributed by atoms with Gasteiger partial charge in [-0.3, -0.25) is 9.69 Å². The second-order valence-electron chi connectivity index (χ2n) is 10.6. The maximum Gasteiger partial charge on any atom is 0.331 e. The molecule has 0 unspecified atom stereocenters. The summed E-state index contributed by atoms with van der Waals surface area (Å²) in [7, 11) is 0. The molecule has 4 fully saturated rings. The SMILES string of the molecule is C[C@@](C(=O)O[C@H]1C[N+]2(CC(=O)Nc3cccnn3)CCC1CC2)(c1ccccc1)N1CCCCC1.[Br-]. The molecular weight excluding hydrogens is 522 g/mol. The third-order valence-corrected chi connectivity index (χ3v) is 8.34. The van der Waals surface area contributed by atoms with E-state index in [1.807, 2.05) is 37.3 Å². The molecule has 2 atom stereocenters. The summed E-state index contributed by atoms with van der Waals surface area (Å²) < 4.78 is 7.03. The molecule has 0 aliphatic carbocycles. The lowest BCUT2D eigenvalue weighted by atomic mass is 9.82. The lowest BCUT2D eigenvalue weighted by molar-refractivity contribution is -0.939. The van der Waals surface area contributed by atoms with Gasteiger partial charge >= 0.3 is 5.97 Å². The zero-order chi connectivity index (χ0) is 24.3. The topological polar surface area (TPSA) is 84.4 Å². The van der Waals surface area contributed by atoms with Crippen LogP contribution in [0.5, 0.6) is 0 Å². The molecule has 0 spiro atoms. The van der Waals surface area contributed by atoms with Crippen molar-refractivity contribution in [3.05, 3.63) is 54.2 Å². The van der Waals surface area contributed by atoms with Gasteiger partial charge < -0.3 is 31.5 Å². The zero-order valence-electron chi connectivity index (χ0n) is 20.9. The Kier molecular flexibility index (Phi) is 8.42. The summed E-state index contributed by atoms with van der Waals surface area (Å²) in [6.45, 7) is 6.75. The molecule has 1 N–H and O–H groups in total. The van der Waals surface area contributed by atoms with Crippen LogP contribution in [0.3, 0.4) is 0 Å². The molecule has 2 bridgehead atoms. The fourth-order valence-corrected chi connectivity index (χ4v) is 6.22. The van der Waals surface area contributed by atoms with E-state index in [0.717, 1.165) is 57.4 Å². The largest absolute Gasteiger partial charge is 1.00 e. The van der Waals surface area contributed by atoms with Crippen LogP contribution in [0.15, 0.2) is 48.7 Å². The van der Waals surface area contributed by atoms with E-state index >= 15 is 0 Å². The first kappa shape index (κ1) is 26.7. The number of halogens is 1. The predicted molar refractivity (Wildman–Crippen MR) is 132 cm³/mol. The van der Waals surface area contributed by atoms with E-state index in [2.05, 4.69) is 20.4 Å². The Bertz CT molecular complexity index is 1030. The third-order valence-electron chi connectivity index (χ3n) is 8.34. The molecule has 9 heteroatoms. The quantitative estimate of drug-likeness (QED) is 0.380. The van der Waals surface area contributed by atoms with Crippen LogP contribution in [-0.4, -0.2) is 76.8 Å². The van der Waals surface area contributed by atoms with E-state index in [1.165, 1.54) is 6.42 Å². The maximum atomic E-state index is 13.9. The van der Waals surface area contributed by atoms with Gasteiger partial charge in [-0.2, -0.15) is 5.10 Å². The number of esters is 1. The summed E-state index contributed by atoms with van der Waals surface area (Å²) in [6, 6.07) is 13.5. The normalized spacial score (nSPS) is 27.4. The molecule has 0 saturated carbocycles. The van der Waals surface area contributed by atoms with Crippen LogP contribution in [-0.2, 0) is 19.9 Å². The summed E-state index contributed by atoms with van der Waals surface area (Å²) in [5.74, 6) is 0.596. The van der Waals surface area contributed by atoms with Crippen molar-refractivity contribution < 1.29 is 35.8 Å². The molecule has 1 aromatic carbocycles. The Morgan fingerprint density at radius 1 is 1.08 bits per heavy atom. The molecule has 2 aromatic rings. The average Bonchev–Trinajstić information content (AvgIpc) is 2.90. The highest BCUT2D eigenvalue weighted by Gasteiger charge is 2.51. The number of nitrogens with zero attached hydrogens (tertiary/aromatic N) is 4. The monoisotopic (exact) mass is 557 g/mol. The summed E-state index contributed by atoms with van der Waals surface area (Å²) in [6.07, 6.45) is 6.77. The van der Waals surface area contributed by atoms with Crippen LogP contribution in [0.1, 0.15) is 44.6 Å². The molecule has 1 aromatic heterocycles. The first-order valence-electron chi connectivity index (χ1n) is 12.9. The van der Waals surface area contributed by atoms with E-state index in [-0.39, 0.29) is 35.0 Å². The highest BCUT2D eigenvalue weighted by molar-refractivity contribution is 5.90. The average molecular weight is 559 g/mol. The Morgan fingerprint density at radius 3 is 2.47 bits per heavy atom. The molecule has 8 nitrogen and oxygen atoms in total. The molecule has 5 heterocycles. The Balaban J connectivity index is 0.00000304. The van der Waals surface area contributed by atoms with Gasteiger partial charge in [-0.1, -0.05) is 36.8 Å². The highest BCUT2D eigenvalue weighted by atomic mass is 79.9. The third kappa shape index (κ3) is 5.48. The standard InChI is InChI=1S/C27H35N5O3.BrH/c1-27(22-9-4-2-5-10-22,31-15-6-3-7-16-31)26(34)35-23-19-32(17-12-21(23)13-18-32)20-25(33)29-24-11-8-14-28-30-24;/h2,4-5,8-11,14,21,23H,3,6-7,12-13,15-20H2,1H3;1H/t21?,23-,27-,32?;/m0./s1. The number of benzene rings is 1. The number of piperidine rings is 4. The molecule has 4 saturated heterocycles. The summed E-state index contributed by atoms with van der Waals surface area (Å²) >= 11 is 0. The summed E-state index contributed by atoms with van der Waals surface area (Å²) in [4.78, 5) is 29.0.